The average Bonchev–Trinajstić information content (AvgIpc) is 2.78. The lowest BCUT2D eigenvalue weighted by molar-refractivity contribution is 0.463. The minimum absolute atomic E-state index is 0.235. The Bertz CT molecular complexity index is 936. The molecule has 0 amide bonds. The maximum atomic E-state index is 10.8. The van der Waals surface area contributed by atoms with Crippen LogP contribution in [0, 0.1) is 11.8 Å². The normalized spacial score (nSPS) is 12.5. The number of phenolic OH excluding ortho intramolecular Hbond substituents is 2. The summed E-state index contributed by atoms with van der Waals surface area (Å²) >= 11 is 0. The van der Waals surface area contributed by atoms with Gasteiger partial charge in [-0.1, -0.05) is 67.5 Å². The molecule has 4 heteroatoms. The quantitative estimate of drug-likeness (QED) is 0.303. The standard InChI is InChI=1S/C31H46N2O2/c1-20(2)9-11-24-13-26(30(34)28(15-24)22(5)6)17-32-19-33-18-27-14-25(12-10-21(3)4)16-29(23(7)8)31(27)35/h13-18,20-23,34-35H,9-12,19H2,1-8H3. The van der Waals surface area contributed by atoms with Gasteiger partial charge in [0.1, 0.15) is 18.2 Å². The van der Waals surface area contributed by atoms with Gasteiger partial charge in [-0.3, -0.25) is 9.98 Å². The zero-order chi connectivity index (χ0) is 26.1. The fourth-order valence-corrected chi connectivity index (χ4v) is 4.09. The lowest BCUT2D eigenvalue weighted by Crippen LogP contribution is -1.99. The van der Waals surface area contributed by atoms with E-state index in [4.69, 9.17) is 0 Å². The molecular weight excluding hydrogens is 432 g/mol. The second kappa shape index (κ2) is 13.5. The second-order valence-corrected chi connectivity index (χ2v) is 11.2. The van der Waals surface area contributed by atoms with Crippen LogP contribution in [0.1, 0.15) is 113 Å². The number of rotatable bonds is 12. The first-order valence-electron chi connectivity index (χ1n) is 13.2. The number of aromatic hydroxyl groups is 2. The van der Waals surface area contributed by atoms with Gasteiger partial charge in [-0.2, -0.15) is 0 Å². The maximum absolute atomic E-state index is 10.8. The van der Waals surface area contributed by atoms with Crippen LogP contribution < -0.4 is 0 Å². The topological polar surface area (TPSA) is 65.2 Å². The highest BCUT2D eigenvalue weighted by atomic mass is 16.3. The van der Waals surface area contributed by atoms with E-state index in [1.807, 2.05) is 12.1 Å². The van der Waals surface area contributed by atoms with Crippen LogP contribution in [0.3, 0.4) is 0 Å². The van der Waals surface area contributed by atoms with Crippen molar-refractivity contribution in [3.05, 3.63) is 57.6 Å². The first-order valence-corrected chi connectivity index (χ1v) is 13.2. The molecule has 2 N–H and O–H groups in total. The molecule has 0 spiro atoms. The summed E-state index contributed by atoms with van der Waals surface area (Å²) in [7, 11) is 0. The Kier molecular flexibility index (Phi) is 11.0. The monoisotopic (exact) mass is 478 g/mol. The van der Waals surface area contributed by atoms with Gasteiger partial charge >= 0.3 is 0 Å². The van der Waals surface area contributed by atoms with Gasteiger partial charge in [0.05, 0.1) is 0 Å². The Labute approximate surface area is 213 Å². The predicted molar refractivity (Wildman–Crippen MR) is 151 cm³/mol. The summed E-state index contributed by atoms with van der Waals surface area (Å²) in [6.45, 7) is 17.5. The summed E-state index contributed by atoms with van der Waals surface area (Å²) in [5.41, 5.74) is 5.86. The molecular formula is C31H46N2O2. The van der Waals surface area contributed by atoms with Crippen molar-refractivity contribution in [2.75, 3.05) is 6.67 Å². The Balaban J connectivity index is 2.21. The van der Waals surface area contributed by atoms with Crippen LogP contribution in [-0.2, 0) is 12.8 Å². The zero-order valence-electron chi connectivity index (χ0n) is 23.1. The first-order chi connectivity index (χ1) is 16.5. The summed E-state index contributed by atoms with van der Waals surface area (Å²) in [6.07, 6.45) is 7.64. The van der Waals surface area contributed by atoms with Crippen molar-refractivity contribution in [2.45, 2.75) is 92.9 Å². The van der Waals surface area contributed by atoms with E-state index in [1.54, 1.807) is 12.4 Å². The number of benzene rings is 2. The summed E-state index contributed by atoms with van der Waals surface area (Å²) in [5.74, 6) is 2.35. The fraction of sp³-hybridized carbons (Fsp3) is 0.548. The van der Waals surface area contributed by atoms with Gasteiger partial charge in [0, 0.05) is 23.6 Å². The van der Waals surface area contributed by atoms with Crippen LogP contribution in [-0.4, -0.2) is 29.3 Å². The molecule has 0 aliphatic rings. The Morgan fingerprint density at radius 1 is 0.629 bits per heavy atom. The molecule has 0 saturated heterocycles. The largest absolute Gasteiger partial charge is 0.507 e. The SMILES string of the molecule is CC(C)CCc1cc(C=NCN=Cc2cc(CCC(C)C)cc(C(C)C)c2O)c(O)c(C(C)C)c1. The van der Waals surface area contributed by atoms with E-state index < -0.39 is 0 Å². The molecule has 0 saturated carbocycles. The fourth-order valence-electron chi connectivity index (χ4n) is 4.09. The van der Waals surface area contributed by atoms with E-state index in [1.165, 1.54) is 11.1 Å². The molecule has 0 aliphatic heterocycles. The van der Waals surface area contributed by atoms with Crippen LogP contribution in [0.2, 0.25) is 0 Å². The van der Waals surface area contributed by atoms with Gasteiger partial charge in [0.15, 0.2) is 0 Å². The van der Waals surface area contributed by atoms with Crippen LogP contribution in [0.15, 0.2) is 34.3 Å². The average molecular weight is 479 g/mol. The van der Waals surface area contributed by atoms with E-state index >= 15 is 0 Å². The number of nitrogens with zero attached hydrogens (tertiary/aromatic N) is 2. The van der Waals surface area contributed by atoms with Crippen LogP contribution in [0.5, 0.6) is 11.5 Å². The van der Waals surface area contributed by atoms with Crippen molar-refractivity contribution in [3.63, 3.8) is 0 Å². The highest BCUT2D eigenvalue weighted by Crippen LogP contribution is 2.32. The number of hydrogen-bond acceptors (Lipinski definition) is 4. The third-order valence-electron chi connectivity index (χ3n) is 6.35. The first kappa shape index (κ1) is 28.6. The van der Waals surface area contributed by atoms with Crippen LogP contribution in [0.4, 0.5) is 0 Å². The van der Waals surface area contributed by atoms with Gasteiger partial charge in [0.2, 0.25) is 0 Å². The molecule has 4 nitrogen and oxygen atoms in total. The van der Waals surface area contributed by atoms with Gasteiger partial charge in [-0.15, -0.1) is 0 Å². The Morgan fingerprint density at radius 3 is 1.31 bits per heavy atom. The Morgan fingerprint density at radius 2 is 1.00 bits per heavy atom. The van der Waals surface area contributed by atoms with Crippen LogP contribution in [0.25, 0.3) is 0 Å². The highest BCUT2D eigenvalue weighted by molar-refractivity contribution is 5.86. The van der Waals surface area contributed by atoms with E-state index in [2.05, 4.69) is 77.5 Å². The molecule has 192 valence electrons. The third kappa shape index (κ3) is 8.83. The minimum atomic E-state index is 0.235. The summed E-state index contributed by atoms with van der Waals surface area (Å²) in [4.78, 5) is 8.92. The molecule has 0 unspecified atom stereocenters. The number of hydrogen-bond donors (Lipinski definition) is 2. The molecule has 35 heavy (non-hydrogen) atoms. The lowest BCUT2D eigenvalue weighted by Gasteiger charge is -2.14. The molecule has 2 aromatic rings. The maximum Gasteiger partial charge on any atom is 0.129 e. The van der Waals surface area contributed by atoms with E-state index in [0.717, 1.165) is 47.9 Å². The molecule has 0 atom stereocenters. The molecule has 0 aliphatic carbocycles. The van der Waals surface area contributed by atoms with Crippen molar-refractivity contribution in [2.24, 2.45) is 21.8 Å². The molecule has 2 rings (SSSR count). The molecule has 0 aromatic heterocycles. The zero-order valence-corrected chi connectivity index (χ0v) is 23.1. The Hall–Kier alpha value is -2.62. The molecule has 0 fully saturated rings. The van der Waals surface area contributed by atoms with Crippen LogP contribution >= 0.6 is 0 Å². The van der Waals surface area contributed by atoms with Crippen molar-refractivity contribution >= 4 is 12.4 Å². The number of phenols is 2. The van der Waals surface area contributed by atoms with E-state index in [0.29, 0.717) is 23.3 Å². The third-order valence-corrected chi connectivity index (χ3v) is 6.35. The smallest absolute Gasteiger partial charge is 0.129 e. The number of aryl methyl sites for hydroxylation is 2. The summed E-state index contributed by atoms with van der Waals surface area (Å²) in [6, 6.07) is 8.32. The number of aliphatic imine (C=N–C) groups is 2. The lowest BCUT2D eigenvalue weighted by atomic mass is 9.93. The predicted octanol–water partition coefficient (Wildman–Crippen LogP) is 8.02. The van der Waals surface area contributed by atoms with Crippen molar-refractivity contribution in [1.82, 2.24) is 0 Å². The van der Waals surface area contributed by atoms with Crippen molar-refractivity contribution in [3.8, 4) is 11.5 Å². The van der Waals surface area contributed by atoms with Gasteiger partial charge in [-0.05, 0) is 83.7 Å². The summed E-state index contributed by atoms with van der Waals surface area (Å²) in [5, 5.41) is 21.5. The molecule has 0 heterocycles. The second-order valence-electron chi connectivity index (χ2n) is 11.2. The van der Waals surface area contributed by atoms with Crippen molar-refractivity contribution < 1.29 is 10.2 Å². The highest BCUT2D eigenvalue weighted by Gasteiger charge is 2.13. The molecule has 0 radical (unpaired) electrons. The van der Waals surface area contributed by atoms with Crippen molar-refractivity contribution in [1.29, 1.82) is 0 Å². The van der Waals surface area contributed by atoms with Gasteiger partial charge in [-0.25, -0.2) is 0 Å². The minimum Gasteiger partial charge on any atom is -0.507 e. The van der Waals surface area contributed by atoms with Gasteiger partial charge < -0.3 is 10.2 Å². The molecule has 2 aromatic carbocycles. The summed E-state index contributed by atoms with van der Waals surface area (Å²) < 4.78 is 0. The van der Waals surface area contributed by atoms with E-state index in [-0.39, 0.29) is 18.5 Å². The van der Waals surface area contributed by atoms with E-state index in [9.17, 15) is 10.2 Å². The molecule has 0 bridgehead atoms. The van der Waals surface area contributed by atoms with Gasteiger partial charge in [0.25, 0.3) is 0 Å².